The third-order valence-corrected chi connectivity index (χ3v) is 7.86. The van der Waals surface area contributed by atoms with Gasteiger partial charge in [0.05, 0.1) is 19.0 Å². The molecule has 1 amide bonds. The third-order valence-electron chi connectivity index (χ3n) is 7.86. The summed E-state index contributed by atoms with van der Waals surface area (Å²) in [6.07, 6.45) is 3.07. The first kappa shape index (κ1) is 25.6. The second-order valence-electron chi connectivity index (χ2n) is 10.4. The first-order valence-electron chi connectivity index (χ1n) is 13.5. The molecule has 2 aromatic carbocycles. The Hall–Kier alpha value is -3.03. The molecule has 2 aromatic rings. The fourth-order valence-corrected chi connectivity index (χ4v) is 5.66. The van der Waals surface area contributed by atoms with Crippen LogP contribution in [0.5, 0.6) is 5.75 Å². The van der Waals surface area contributed by atoms with E-state index in [0.29, 0.717) is 43.2 Å². The van der Waals surface area contributed by atoms with Crippen LogP contribution in [0.25, 0.3) is 0 Å². The fraction of sp³-hybridized carbons (Fsp3) is 0.500. The summed E-state index contributed by atoms with van der Waals surface area (Å²) >= 11 is 0. The summed E-state index contributed by atoms with van der Waals surface area (Å²) in [5.41, 5.74) is 3.77. The molecule has 1 unspecified atom stereocenters. The summed E-state index contributed by atoms with van der Waals surface area (Å²) in [6.45, 7) is 7.66. The predicted octanol–water partition coefficient (Wildman–Crippen LogP) is 4.16. The van der Waals surface area contributed by atoms with Crippen molar-refractivity contribution in [2.45, 2.75) is 64.8 Å². The van der Waals surface area contributed by atoms with Gasteiger partial charge in [0.25, 0.3) is 5.91 Å². The average Bonchev–Trinajstić information content (AvgIpc) is 3.24. The molecule has 1 aliphatic carbocycles. The highest BCUT2D eigenvalue weighted by Crippen LogP contribution is 2.34. The number of ketones is 2. The molecule has 2 heterocycles. The maximum atomic E-state index is 13.0. The van der Waals surface area contributed by atoms with Crippen LogP contribution in [0.4, 0.5) is 0 Å². The molecule has 196 valence electrons. The topological polar surface area (TPSA) is 76.2 Å². The normalized spacial score (nSPS) is 20.9. The van der Waals surface area contributed by atoms with Gasteiger partial charge in [0, 0.05) is 37.3 Å². The van der Waals surface area contributed by atoms with Crippen molar-refractivity contribution >= 4 is 17.5 Å². The number of carbonyl (C=O) groups is 3. The van der Waals surface area contributed by atoms with Gasteiger partial charge in [0.15, 0.2) is 5.78 Å². The smallest absolute Gasteiger partial charge is 0.255 e. The Bertz CT molecular complexity index is 1140. The van der Waals surface area contributed by atoms with Gasteiger partial charge in [-0.1, -0.05) is 30.3 Å². The van der Waals surface area contributed by atoms with Gasteiger partial charge in [0.2, 0.25) is 0 Å². The highest BCUT2D eigenvalue weighted by molar-refractivity contribution is 6.07. The van der Waals surface area contributed by atoms with Crippen molar-refractivity contribution < 1.29 is 23.9 Å². The number of hydrogen-bond donors (Lipinski definition) is 0. The van der Waals surface area contributed by atoms with E-state index < -0.39 is 6.04 Å². The van der Waals surface area contributed by atoms with Crippen molar-refractivity contribution in [3.63, 3.8) is 0 Å². The van der Waals surface area contributed by atoms with Crippen LogP contribution in [0.3, 0.4) is 0 Å². The van der Waals surface area contributed by atoms with Crippen LogP contribution >= 0.6 is 0 Å². The van der Waals surface area contributed by atoms with E-state index in [-0.39, 0.29) is 23.9 Å². The van der Waals surface area contributed by atoms with Gasteiger partial charge in [0.1, 0.15) is 18.1 Å². The van der Waals surface area contributed by atoms with Gasteiger partial charge in [-0.05, 0) is 68.5 Å². The van der Waals surface area contributed by atoms with E-state index in [2.05, 4.69) is 36.1 Å². The number of benzene rings is 2. The highest BCUT2D eigenvalue weighted by Gasteiger charge is 2.40. The number of ether oxygens (including phenoxy) is 2. The first-order valence-corrected chi connectivity index (χ1v) is 13.5. The summed E-state index contributed by atoms with van der Waals surface area (Å²) in [5, 5.41) is 0. The van der Waals surface area contributed by atoms with E-state index in [9.17, 15) is 14.4 Å². The number of nitrogens with zero attached hydrogens (tertiary/aromatic N) is 2. The Balaban J connectivity index is 1.15. The van der Waals surface area contributed by atoms with Crippen molar-refractivity contribution in [1.82, 2.24) is 9.80 Å². The van der Waals surface area contributed by atoms with Crippen LogP contribution in [-0.2, 0) is 34.0 Å². The lowest BCUT2D eigenvalue weighted by molar-refractivity contribution is -0.133. The second kappa shape index (κ2) is 11.6. The van der Waals surface area contributed by atoms with Crippen molar-refractivity contribution in [3.05, 3.63) is 64.7 Å². The van der Waals surface area contributed by atoms with Gasteiger partial charge in [-0.15, -0.1) is 0 Å². The summed E-state index contributed by atoms with van der Waals surface area (Å²) < 4.78 is 11.7. The Labute approximate surface area is 218 Å². The van der Waals surface area contributed by atoms with Crippen molar-refractivity contribution in [3.8, 4) is 5.75 Å². The molecule has 0 radical (unpaired) electrons. The number of likely N-dealkylation sites (tertiary alicyclic amines) is 1. The zero-order valence-electron chi connectivity index (χ0n) is 21.6. The maximum absolute atomic E-state index is 13.0. The quantitative estimate of drug-likeness (QED) is 0.478. The molecule has 1 atom stereocenters. The number of hydrogen-bond acceptors (Lipinski definition) is 6. The van der Waals surface area contributed by atoms with Crippen LogP contribution in [-0.4, -0.2) is 59.6 Å². The van der Waals surface area contributed by atoms with Gasteiger partial charge in [-0.25, -0.2) is 0 Å². The molecule has 0 N–H and O–H groups in total. The monoisotopic (exact) mass is 504 g/mol. The minimum atomic E-state index is -0.520. The predicted molar refractivity (Wildman–Crippen MR) is 139 cm³/mol. The van der Waals surface area contributed by atoms with E-state index in [1.807, 2.05) is 12.1 Å². The molecule has 37 heavy (non-hydrogen) atoms. The van der Waals surface area contributed by atoms with Crippen LogP contribution in [0, 0.1) is 5.92 Å². The van der Waals surface area contributed by atoms with Crippen molar-refractivity contribution in [2.75, 3.05) is 26.3 Å². The standard InChI is InChI=1S/C30H36N2O5/c1-2-36-19-23-12-14-31(15-13-23)17-21-6-8-22(9-7-21)20-37-29-5-3-4-25-26(29)18-32(30(25)35)27-11-10-24(33)16-28(27)34/h3-9,23,27H,2,10-20H2,1H3. The number of fused-ring (bicyclic) bond motifs is 1. The summed E-state index contributed by atoms with van der Waals surface area (Å²) in [6, 6.07) is 13.5. The zero-order chi connectivity index (χ0) is 25.8. The van der Waals surface area contributed by atoms with Crippen LogP contribution in [0.1, 0.15) is 66.1 Å². The Morgan fingerprint density at radius 1 is 0.946 bits per heavy atom. The molecular weight excluding hydrogens is 468 g/mol. The fourth-order valence-electron chi connectivity index (χ4n) is 5.66. The van der Waals surface area contributed by atoms with Gasteiger partial charge in [-0.3, -0.25) is 19.3 Å². The van der Waals surface area contributed by atoms with Crippen LogP contribution in [0.2, 0.25) is 0 Å². The second-order valence-corrected chi connectivity index (χ2v) is 10.4. The Morgan fingerprint density at radius 2 is 1.70 bits per heavy atom. The average molecular weight is 505 g/mol. The van der Waals surface area contributed by atoms with Crippen LogP contribution in [0.15, 0.2) is 42.5 Å². The van der Waals surface area contributed by atoms with Gasteiger partial charge in [-0.2, -0.15) is 0 Å². The molecule has 5 rings (SSSR count). The molecule has 0 aromatic heterocycles. The number of amides is 1. The Morgan fingerprint density at radius 3 is 2.43 bits per heavy atom. The first-order chi connectivity index (χ1) is 18.0. The van der Waals surface area contributed by atoms with Crippen molar-refractivity contribution in [2.24, 2.45) is 5.92 Å². The molecule has 1 saturated carbocycles. The lowest BCUT2D eigenvalue weighted by atomic mass is 9.92. The largest absolute Gasteiger partial charge is 0.489 e. The third kappa shape index (κ3) is 5.94. The molecule has 7 heteroatoms. The molecule has 2 aliphatic heterocycles. The summed E-state index contributed by atoms with van der Waals surface area (Å²) in [4.78, 5) is 41.2. The van der Waals surface area contributed by atoms with E-state index >= 15 is 0 Å². The lowest BCUT2D eigenvalue weighted by Crippen LogP contribution is -2.44. The zero-order valence-corrected chi connectivity index (χ0v) is 21.6. The maximum Gasteiger partial charge on any atom is 0.255 e. The molecule has 0 bridgehead atoms. The molecule has 2 fully saturated rings. The number of Topliss-reactive ketones (excluding diaryl/α,β-unsaturated/α-hetero) is 2. The summed E-state index contributed by atoms with van der Waals surface area (Å²) in [7, 11) is 0. The number of rotatable bonds is 9. The SMILES string of the molecule is CCOCC1CCN(Cc2ccc(COc3cccc4c3CN(C3CCC(=O)CC3=O)C4=O)cc2)CC1. The van der Waals surface area contributed by atoms with Crippen LogP contribution < -0.4 is 4.74 Å². The molecule has 0 spiro atoms. The van der Waals surface area contributed by atoms with Gasteiger partial charge < -0.3 is 14.4 Å². The minimum absolute atomic E-state index is 0.0393. The molecule has 3 aliphatic rings. The Kier molecular flexibility index (Phi) is 8.01. The molecule has 7 nitrogen and oxygen atoms in total. The van der Waals surface area contributed by atoms with E-state index in [4.69, 9.17) is 9.47 Å². The number of carbonyl (C=O) groups excluding carboxylic acids is 3. The van der Waals surface area contributed by atoms with E-state index in [0.717, 1.165) is 44.0 Å². The minimum Gasteiger partial charge on any atom is -0.489 e. The molecule has 1 saturated heterocycles. The van der Waals surface area contributed by atoms with E-state index in [1.165, 1.54) is 18.4 Å². The summed E-state index contributed by atoms with van der Waals surface area (Å²) in [5.74, 6) is 1.01. The number of piperidine rings is 1. The van der Waals surface area contributed by atoms with Gasteiger partial charge >= 0.3 is 0 Å². The van der Waals surface area contributed by atoms with Crippen molar-refractivity contribution in [1.29, 1.82) is 0 Å². The van der Waals surface area contributed by atoms with E-state index in [1.54, 1.807) is 11.0 Å². The molecular formula is C30H36N2O5. The highest BCUT2D eigenvalue weighted by atomic mass is 16.5. The lowest BCUT2D eigenvalue weighted by Gasteiger charge is -2.31.